The Morgan fingerprint density at radius 2 is 1.88 bits per heavy atom. The minimum atomic E-state index is -0.794. The number of aromatic nitrogens is 1. The predicted molar refractivity (Wildman–Crippen MR) is 116 cm³/mol. The number of Topliss-reactive ketones (excluding diaryl/α,β-unsaturated/α-hetero) is 1. The van der Waals surface area contributed by atoms with Gasteiger partial charge in [-0.2, -0.15) is 0 Å². The van der Waals surface area contributed by atoms with E-state index in [1.807, 2.05) is 6.07 Å². The van der Waals surface area contributed by atoms with Crippen molar-refractivity contribution in [3.05, 3.63) is 94.3 Å². The Labute approximate surface area is 188 Å². The number of nitrogens with zero attached hydrogens (tertiary/aromatic N) is 2. The van der Waals surface area contributed by atoms with Crippen LogP contribution in [0.5, 0.6) is 11.5 Å². The number of amides is 1. The molecule has 0 aliphatic carbocycles. The van der Waals surface area contributed by atoms with Crippen LogP contribution in [-0.2, 0) is 16.1 Å². The van der Waals surface area contributed by atoms with Gasteiger partial charge in [0.25, 0.3) is 11.7 Å². The largest absolute Gasteiger partial charge is 0.507 e. The lowest BCUT2D eigenvalue weighted by Gasteiger charge is -2.25. The van der Waals surface area contributed by atoms with Crippen LogP contribution in [0.2, 0.25) is 5.02 Å². The molecule has 2 aromatic carbocycles. The fraction of sp³-hybridized carbons (Fsp3) is 0.125. The minimum absolute atomic E-state index is 0.0000723. The lowest BCUT2D eigenvalue weighted by Crippen LogP contribution is -2.29. The smallest absolute Gasteiger partial charge is 0.295 e. The van der Waals surface area contributed by atoms with E-state index in [1.165, 1.54) is 4.90 Å². The second-order valence-corrected chi connectivity index (χ2v) is 7.84. The van der Waals surface area contributed by atoms with Gasteiger partial charge >= 0.3 is 0 Å². The fourth-order valence-corrected chi connectivity index (χ4v) is 4.05. The number of fused-ring (bicyclic) bond motifs is 1. The molecule has 2 aliphatic rings. The van der Waals surface area contributed by atoms with Gasteiger partial charge in [0.2, 0.25) is 6.79 Å². The van der Waals surface area contributed by atoms with Crippen molar-refractivity contribution in [1.29, 1.82) is 0 Å². The van der Waals surface area contributed by atoms with Crippen LogP contribution >= 0.6 is 11.6 Å². The van der Waals surface area contributed by atoms with Crippen molar-refractivity contribution in [1.82, 2.24) is 9.88 Å². The van der Waals surface area contributed by atoms with Crippen molar-refractivity contribution in [2.45, 2.75) is 12.6 Å². The number of aliphatic hydroxyl groups is 1. The molecule has 2 aliphatic heterocycles. The van der Waals surface area contributed by atoms with Gasteiger partial charge in [-0.15, -0.1) is 0 Å². The summed E-state index contributed by atoms with van der Waals surface area (Å²) < 4.78 is 10.7. The number of ether oxygens (including phenoxy) is 2. The van der Waals surface area contributed by atoms with Gasteiger partial charge < -0.3 is 19.5 Å². The van der Waals surface area contributed by atoms with E-state index in [4.69, 9.17) is 21.1 Å². The fourth-order valence-electron chi connectivity index (χ4n) is 3.92. The molecule has 8 heteroatoms. The van der Waals surface area contributed by atoms with Crippen LogP contribution < -0.4 is 9.47 Å². The van der Waals surface area contributed by atoms with Crippen molar-refractivity contribution >= 4 is 29.1 Å². The van der Waals surface area contributed by atoms with Crippen LogP contribution in [0, 0.1) is 0 Å². The summed E-state index contributed by atoms with van der Waals surface area (Å²) in [6.45, 7) is 0.240. The Morgan fingerprint density at radius 1 is 1.09 bits per heavy atom. The Bertz CT molecular complexity index is 1240. The summed E-state index contributed by atoms with van der Waals surface area (Å²) in [5.41, 5.74) is 1.77. The maximum atomic E-state index is 13.1. The summed E-state index contributed by atoms with van der Waals surface area (Å²) in [7, 11) is 0. The van der Waals surface area contributed by atoms with Gasteiger partial charge in [-0.05, 0) is 47.5 Å². The highest BCUT2D eigenvalue weighted by atomic mass is 35.5. The number of carbonyl (C=O) groups excluding carboxylic acids is 2. The summed E-state index contributed by atoms with van der Waals surface area (Å²) in [6.07, 6.45) is 3.27. The molecule has 0 spiro atoms. The monoisotopic (exact) mass is 448 g/mol. The summed E-state index contributed by atoms with van der Waals surface area (Å²) in [5, 5.41) is 11.7. The third kappa shape index (κ3) is 3.46. The van der Waals surface area contributed by atoms with Crippen LogP contribution in [0.4, 0.5) is 0 Å². The third-order valence-electron chi connectivity index (χ3n) is 5.45. The maximum absolute atomic E-state index is 13.1. The zero-order valence-electron chi connectivity index (χ0n) is 16.7. The van der Waals surface area contributed by atoms with E-state index in [1.54, 1.807) is 60.9 Å². The molecule has 1 fully saturated rings. The molecule has 1 N–H and O–H groups in total. The molecule has 1 saturated heterocycles. The van der Waals surface area contributed by atoms with Gasteiger partial charge in [-0.1, -0.05) is 29.8 Å². The number of aliphatic hydroxyl groups excluding tert-OH is 1. The predicted octanol–water partition coefficient (Wildman–Crippen LogP) is 4.09. The van der Waals surface area contributed by atoms with Crippen LogP contribution in [0.1, 0.15) is 22.7 Å². The standard InChI is InChI=1S/C24H17ClN2O5/c25-17-6-3-15(4-7-17)21-20(22(28)16-5-8-18-19(10-16)32-13-31-18)23(29)24(30)27(21)12-14-2-1-9-26-11-14/h1-11,21,28H,12-13H2. The van der Waals surface area contributed by atoms with Gasteiger partial charge in [-0.25, -0.2) is 0 Å². The molecule has 0 radical (unpaired) electrons. The van der Waals surface area contributed by atoms with Gasteiger partial charge in [0, 0.05) is 29.5 Å². The number of halogens is 1. The van der Waals surface area contributed by atoms with Crippen molar-refractivity contribution in [2.75, 3.05) is 6.79 Å². The van der Waals surface area contributed by atoms with Gasteiger partial charge in [0.05, 0.1) is 11.6 Å². The molecule has 160 valence electrons. The summed E-state index contributed by atoms with van der Waals surface area (Å²) in [4.78, 5) is 31.7. The molecule has 7 nitrogen and oxygen atoms in total. The molecular weight excluding hydrogens is 432 g/mol. The first kappa shape index (κ1) is 20.1. The number of pyridine rings is 1. The highest BCUT2D eigenvalue weighted by molar-refractivity contribution is 6.46. The Hall–Kier alpha value is -3.84. The molecule has 32 heavy (non-hydrogen) atoms. The third-order valence-corrected chi connectivity index (χ3v) is 5.70. The first-order chi connectivity index (χ1) is 15.5. The highest BCUT2D eigenvalue weighted by Gasteiger charge is 2.46. The average molecular weight is 449 g/mol. The zero-order chi connectivity index (χ0) is 22.2. The van der Waals surface area contributed by atoms with E-state index in [-0.39, 0.29) is 24.7 Å². The van der Waals surface area contributed by atoms with Crippen LogP contribution in [0.3, 0.4) is 0 Å². The summed E-state index contributed by atoms with van der Waals surface area (Å²) in [5.74, 6) is -0.732. The van der Waals surface area contributed by atoms with Crippen molar-refractivity contribution in [3.8, 4) is 11.5 Å². The quantitative estimate of drug-likeness (QED) is 0.367. The number of carbonyl (C=O) groups is 2. The topological polar surface area (TPSA) is 89.0 Å². The molecular formula is C24H17ClN2O5. The number of hydrogen-bond acceptors (Lipinski definition) is 6. The average Bonchev–Trinajstić information content (AvgIpc) is 3.38. The number of benzene rings is 2. The molecule has 0 saturated carbocycles. The van der Waals surface area contributed by atoms with Crippen molar-refractivity contribution in [2.24, 2.45) is 0 Å². The summed E-state index contributed by atoms with van der Waals surface area (Å²) in [6, 6.07) is 14.5. The first-order valence-electron chi connectivity index (χ1n) is 9.86. The molecule has 1 amide bonds. The van der Waals surface area contributed by atoms with Crippen LogP contribution in [-0.4, -0.2) is 33.5 Å². The highest BCUT2D eigenvalue weighted by Crippen LogP contribution is 2.42. The van der Waals surface area contributed by atoms with Crippen molar-refractivity contribution < 1.29 is 24.2 Å². The van der Waals surface area contributed by atoms with Crippen molar-refractivity contribution in [3.63, 3.8) is 0 Å². The van der Waals surface area contributed by atoms with Gasteiger partial charge in [0.1, 0.15) is 5.76 Å². The normalized spacial score (nSPS) is 18.9. The Kier molecular flexibility index (Phi) is 5.03. The van der Waals surface area contributed by atoms with Gasteiger partial charge in [-0.3, -0.25) is 14.6 Å². The molecule has 3 aromatic rings. The molecule has 1 unspecified atom stereocenters. The van der Waals surface area contributed by atoms with Gasteiger partial charge in [0.15, 0.2) is 11.5 Å². The molecule has 1 atom stereocenters. The Morgan fingerprint density at radius 3 is 2.62 bits per heavy atom. The molecule has 3 heterocycles. The zero-order valence-corrected chi connectivity index (χ0v) is 17.5. The number of likely N-dealkylation sites (tertiary alicyclic amines) is 1. The van der Waals surface area contributed by atoms with E-state index in [2.05, 4.69) is 4.98 Å². The molecule has 1 aromatic heterocycles. The maximum Gasteiger partial charge on any atom is 0.295 e. The SMILES string of the molecule is O=C1C(=O)N(Cc2cccnc2)C(c2ccc(Cl)cc2)C1=C(O)c1ccc2c(c1)OCO2. The van der Waals surface area contributed by atoms with E-state index >= 15 is 0 Å². The number of rotatable bonds is 4. The van der Waals surface area contributed by atoms with E-state index < -0.39 is 17.7 Å². The second-order valence-electron chi connectivity index (χ2n) is 7.41. The minimum Gasteiger partial charge on any atom is -0.507 e. The lowest BCUT2D eigenvalue weighted by molar-refractivity contribution is -0.140. The molecule has 5 rings (SSSR count). The summed E-state index contributed by atoms with van der Waals surface area (Å²) >= 11 is 6.05. The van der Waals surface area contributed by atoms with Crippen LogP contribution in [0.25, 0.3) is 5.76 Å². The number of ketones is 1. The number of hydrogen-bond donors (Lipinski definition) is 1. The molecule has 0 bridgehead atoms. The first-order valence-corrected chi connectivity index (χ1v) is 10.2. The Balaban J connectivity index is 1.64. The second kappa shape index (κ2) is 8.01. The van der Waals surface area contributed by atoms with Crippen LogP contribution in [0.15, 0.2) is 72.6 Å². The lowest BCUT2D eigenvalue weighted by atomic mass is 9.95. The van der Waals surface area contributed by atoms with E-state index in [0.29, 0.717) is 27.6 Å². The van der Waals surface area contributed by atoms with E-state index in [0.717, 1.165) is 5.56 Å². The van der Waals surface area contributed by atoms with E-state index in [9.17, 15) is 14.7 Å².